The predicted octanol–water partition coefficient (Wildman–Crippen LogP) is 6.79. The highest BCUT2D eigenvalue weighted by Gasteiger charge is 2.36. The number of carbonyl (C=O) groups excluding carboxylic acids is 2. The number of esters is 2. The number of carbonyl (C=O) groups is 2. The molecule has 3 aromatic carbocycles. The normalized spacial score (nSPS) is 17.2. The van der Waals surface area contributed by atoms with Crippen molar-refractivity contribution in [1.29, 1.82) is 0 Å². The molecule has 0 saturated carbocycles. The topological polar surface area (TPSA) is 101 Å². The molecule has 0 aliphatic heterocycles. The Kier molecular flexibility index (Phi) is 6.74. The molecule has 2 aliphatic rings. The summed E-state index contributed by atoms with van der Waals surface area (Å²) < 4.78 is 11.7. The van der Waals surface area contributed by atoms with Crippen LogP contribution in [0.5, 0.6) is 11.5 Å². The van der Waals surface area contributed by atoms with Crippen molar-refractivity contribution in [3.8, 4) is 22.6 Å². The van der Waals surface area contributed by atoms with Crippen LogP contribution in [0.1, 0.15) is 59.2 Å². The first-order valence-corrected chi connectivity index (χ1v) is 12.3. The predicted molar refractivity (Wildman–Crippen MR) is 136 cm³/mol. The number of aryl methyl sites for hydroxylation is 1. The van der Waals surface area contributed by atoms with E-state index >= 15 is 0 Å². The minimum Gasteiger partial charge on any atom is -0.422 e. The van der Waals surface area contributed by atoms with Gasteiger partial charge in [-0.1, -0.05) is 54.5 Å². The van der Waals surface area contributed by atoms with Gasteiger partial charge in [-0.15, -0.1) is 0 Å². The molecule has 0 N–H and O–H groups in total. The molecule has 182 valence electrons. The lowest BCUT2D eigenvalue weighted by Crippen LogP contribution is -2.25. The largest absolute Gasteiger partial charge is 0.422 e. The fourth-order valence-electron chi connectivity index (χ4n) is 5.39. The average molecular weight is 482 g/mol. The van der Waals surface area contributed by atoms with Crippen LogP contribution in [0.25, 0.3) is 21.6 Å². The molecule has 0 aromatic heterocycles. The lowest BCUT2D eigenvalue weighted by molar-refractivity contribution is -0.134. The summed E-state index contributed by atoms with van der Waals surface area (Å²) in [7, 11) is 0. The molecular formula is C29H27N3O4. The highest BCUT2D eigenvalue weighted by atomic mass is 16.6. The van der Waals surface area contributed by atoms with Crippen LogP contribution >= 0.6 is 0 Å². The summed E-state index contributed by atoms with van der Waals surface area (Å²) in [6, 6.07) is 18.8. The van der Waals surface area contributed by atoms with Crippen LogP contribution in [-0.2, 0) is 17.6 Å². The Balaban J connectivity index is 1.57. The van der Waals surface area contributed by atoms with E-state index in [0.717, 1.165) is 36.0 Å². The molecule has 36 heavy (non-hydrogen) atoms. The van der Waals surface area contributed by atoms with E-state index in [4.69, 9.17) is 15.0 Å². The number of fused-ring (bicyclic) bond motifs is 2. The third-order valence-corrected chi connectivity index (χ3v) is 7.17. The van der Waals surface area contributed by atoms with Crippen LogP contribution in [0.15, 0.2) is 65.8 Å². The molecule has 0 spiro atoms. The fraction of sp³-hybridized carbons (Fsp3) is 0.310. The van der Waals surface area contributed by atoms with Gasteiger partial charge in [-0.25, -0.2) is 4.79 Å². The summed E-state index contributed by atoms with van der Waals surface area (Å²) in [5.74, 6) is 0.462. The number of azide groups is 1. The van der Waals surface area contributed by atoms with Gasteiger partial charge in [0.1, 0.15) is 0 Å². The maximum absolute atomic E-state index is 13.1. The first kappa shape index (κ1) is 23.6. The molecule has 1 unspecified atom stereocenters. The Bertz CT molecular complexity index is 1360. The first-order chi connectivity index (χ1) is 17.6. The number of hydrogen-bond donors (Lipinski definition) is 0. The molecule has 0 fully saturated rings. The van der Waals surface area contributed by atoms with E-state index in [0.29, 0.717) is 23.8 Å². The van der Waals surface area contributed by atoms with E-state index in [2.05, 4.69) is 29.1 Å². The summed E-state index contributed by atoms with van der Waals surface area (Å²) in [6.45, 7) is 2.51. The van der Waals surface area contributed by atoms with Gasteiger partial charge in [0.2, 0.25) is 0 Å². The molecule has 7 nitrogen and oxygen atoms in total. The van der Waals surface area contributed by atoms with Crippen LogP contribution in [0.3, 0.4) is 0 Å². The third-order valence-electron chi connectivity index (χ3n) is 7.17. The van der Waals surface area contributed by atoms with E-state index in [1.807, 2.05) is 18.2 Å². The maximum atomic E-state index is 13.1. The summed E-state index contributed by atoms with van der Waals surface area (Å²) in [6.07, 6.45) is 3.48. The lowest BCUT2D eigenvalue weighted by Gasteiger charge is -2.38. The second-order valence-electron chi connectivity index (χ2n) is 9.42. The van der Waals surface area contributed by atoms with Crippen molar-refractivity contribution in [3.63, 3.8) is 0 Å². The van der Waals surface area contributed by atoms with Gasteiger partial charge in [0, 0.05) is 23.4 Å². The van der Waals surface area contributed by atoms with Gasteiger partial charge in [-0.3, -0.25) is 4.79 Å². The SMILES string of the molecule is CC1CCc2cccc3c2[C@H]1Cc1ccc(OC(=O)CCCN=[N+]=[N-])c(OC(=O)c2ccccc2)c1-3. The van der Waals surface area contributed by atoms with Gasteiger partial charge < -0.3 is 9.47 Å². The van der Waals surface area contributed by atoms with Gasteiger partial charge >= 0.3 is 11.9 Å². The third kappa shape index (κ3) is 4.58. The summed E-state index contributed by atoms with van der Waals surface area (Å²) in [5.41, 5.74) is 14.5. The Morgan fingerprint density at radius 1 is 1.03 bits per heavy atom. The first-order valence-electron chi connectivity index (χ1n) is 12.3. The van der Waals surface area contributed by atoms with Gasteiger partial charge in [0.25, 0.3) is 0 Å². The molecule has 0 bridgehead atoms. The van der Waals surface area contributed by atoms with E-state index in [9.17, 15) is 9.59 Å². The minimum absolute atomic E-state index is 0.0858. The minimum atomic E-state index is -0.509. The van der Waals surface area contributed by atoms with Crippen LogP contribution in [0, 0.1) is 5.92 Å². The summed E-state index contributed by atoms with van der Waals surface area (Å²) >= 11 is 0. The highest BCUT2D eigenvalue weighted by Crippen LogP contribution is 2.53. The quantitative estimate of drug-likeness (QED) is 0.0925. The number of nitrogens with zero attached hydrogens (tertiary/aromatic N) is 3. The van der Waals surface area contributed by atoms with Gasteiger partial charge in [-0.05, 0) is 83.5 Å². The van der Waals surface area contributed by atoms with Crippen molar-refractivity contribution in [2.45, 2.75) is 44.9 Å². The maximum Gasteiger partial charge on any atom is 0.343 e. The molecule has 5 rings (SSSR count). The van der Waals surface area contributed by atoms with E-state index < -0.39 is 11.9 Å². The van der Waals surface area contributed by atoms with E-state index in [1.54, 1.807) is 30.3 Å². The van der Waals surface area contributed by atoms with Crippen LogP contribution in [-0.4, -0.2) is 18.5 Å². The number of benzene rings is 3. The molecule has 0 amide bonds. The number of rotatable bonds is 7. The van der Waals surface area contributed by atoms with Crippen molar-refractivity contribution >= 4 is 11.9 Å². The Labute approximate surface area is 209 Å². The van der Waals surface area contributed by atoms with Gasteiger partial charge in [0.15, 0.2) is 11.5 Å². The van der Waals surface area contributed by atoms with Crippen LogP contribution in [0.4, 0.5) is 0 Å². The zero-order valence-electron chi connectivity index (χ0n) is 20.1. The molecule has 2 atom stereocenters. The zero-order valence-corrected chi connectivity index (χ0v) is 20.1. The lowest BCUT2D eigenvalue weighted by atomic mass is 9.67. The van der Waals surface area contributed by atoms with Crippen molar-refractivity contribution in [1.82, 2.24) is 0 Å². The molecule has 7 heteroatoms. The Morgan fingerprint density at radius 2 is 1.86 bits per heavy atom. The molecule has 0 heterocycles. The van der Waals surface area contributed by atoms with Crippen LogP contribution in [0.2, 0.25) is 0 Å². The molecule has 0 saturated heterocycles. The van der Waals surface area contributed by atoms with E-state index in [1.165, 1.54) is 11.1 Å². The summed E-state index contributed by atoms with van der Waals surface area (Å²) in [5, 5.41) is 3.46. The highest BCUT2D eigenvalue weighted by molar-refractivity contribution is 5.94. The van der Waals surface area contributed by atoms with Crippen molar-refractivity contribution in [3.05, 3.63) is 93.4 Å². The average Bonchev–Trinajstić information content (AvgIpc) is 2.90. The fourth-order valence-corrected chi connectivity index (χ4v) is 5.39. The van der Waals surface area contributed by atoms with E-state index in [-0.39, 0.29) is 24.5 Å². The standard InChI is InChI=1S/C29H27N3O4/c1-18-12-13-19-9-5-10-22-26(19)23(18)17-21-14-15-24(35-25(33)11-6-16-31-32-30)28(27(21)22)36-29(34)20-7-3-2-4-8-20/h2-5,7-10,14-15,18,23H,6,11-13,16-17H2,1H3/t18?,23-/m0/s1. The molecule has 3 aromatic rings. The molecule has 2 aliphatic carbocycles. The number of hydrogen-bond acceptors (Lipinski definition) is 5. The molecule has 0 radical (unpaired) electrons. The van der Waals surface area contributed by atoms with Crippen molar-refractivity contribution < 1.29 is 19.1 Å². The molecular weight excluding hydrogens is 454 g/mol. The van der Waals surface area contributed by atoms with Gasteiger partial charge in [-0.2, -0.15) is 0 Å². The van der Waals surface area contributed by atoms with Crippen molar-refractivity contribution in [2.24, 2.45) is 11.0 Å². The van der Waals surface area contributed by atoms with Crippen LogP contribution < -0.4 is 9.47 Å². The Morgan fingerprint density at radius 3 is 2.67 bits per heavy atom. The monoisotopic (exact) mass is 481 g/mol. The number of ether oxygens (including phenoxy) is 2. The summed E-state index contributed by atoms with van der Waals surface area (Å²) in [4.78, 5) is 28.4. The van der Waals surface area contributed by atoms with Gasteiger partial charge in [0.05, 0.1) is 5.56 Å². The second-order valence-corrected chi connectivity index (χ2v) is 9.42. The second kappa shape index (κ2) is 10.3. The Hall–Kier alpha value is -4.09. The smallest absolute Gasteiger partial charge is 0.343 e. The zero-order chi connectivity index (χ0) is 25.1. The van der Waals surface area contributed by atoms with Crippen molar-refractivity contribution in [2.75, 3.05) is 6.54 Å².